The summed E-state index contributed by atoms with van der Waals surface area (Å²) in [5.74, 6) is -0.616. The second-order valence-corrected chi connectivity index (χ2v) is 4.38. The summed E-state index contributed by atoms with van der Waals surface area (Å²) in [6.07, 6.45) is 3.28. The standard InChI is InChI=1S/C10H19N3O4S/c1-7(13-17)11-6-4-3-5-8(9(14)15)12-10(16)18-2/h8,17H,3-6H2,1-2H3,(H,11,13)(H,12,16)(H,14,15). The number of thioether (sulfide) groups is 1. The minimum Gasteiger partial charge on any atom is -0.480 e. The number of unbranched alkanes of at least 4 members (excludes halogenated alkanes) is 1. The van der Waals surface area contributed by atoms with E-state index in [9.17, 15) is 9.59 Å². The van der Waals surface area contributed by atoms with Crippen molar-refractivity contribution < 1.29 is 19.9 Å². The SMILES string of the molecule is CSC(=O)NC(CCCCN=C(C)NO)C(=O)O. The fourth-order valence-corrected chi connectivity index (χ4v) is 1.46. The quantitative estimate of drug-likeness (QED) is 0.240. The molecule has 4 N–H and O–H groups in total. The van der Waals surface area contributed by atoms with E-state index in [-0.39, 0.29) is 5.24 Å². The van der Waals surface area contributed by atoms with E-state index in [2.05, 4.69) is 10.3 Å². The number of aliphatic carboxylic acids is 1. The maximum absolute atomic E-state index is 11.1. The summed E-state index contributed by atoms with van der Waals surface area (Å²) >= 11 is 0.950. The third-order valence-corrected chi connectivity index (χ3v) is 2.68. The average molecular weight is 277 g/mol. The molecule has 1 atom stereocenters. The zero-order valence-corrected chi connectivity index (χ0v) is 11.3. The van der Waals surface area contributed by atoms with Gasteiger partial charge < -0.3 is 10.4 Å². The zero-order chi connectivity index (χ0) is 14.0. The van der Waals surface area contributed by atoms with Gasteiger partial charge in [0.1, 0.15) is 11.9 Å². The minimum atomic E-state index is -1.03. The Labute approximate surface area is 110 Å². The number of amidine groups is 1. The summed E-state index contributed by atoms with van der Waals surface area (Å²) < 4.78 is 0. The van der Waals surface area contributed by atoms with Crippen LogP contribution in [0.1, 0.15) is 26.2 Å². The van der Waals surface area contributed by atoms with Gasteiger partial charge in [-0.25, -0.2) is 4.79 Å². The highest BCUT2D eigenvalue weighted by Crippen LogP contribution is 2.04. The van der Waals surface area contributed by atoms with Gasteiger partial charge >= 0.3 is 5.97 Å². The minimum absolute atomic E-state index is 0.347. The van der Waals surface area contributed by atoms with Crippen LogP contribution in [0.5, 0.6) is 0 Å². The molecule has 0 saturated heterocycles. The Hall–Kier alpha value is -1.28. The first kappa shape index (κ1) is 16.7. The normalized spacial score (nSPS) is 12.9. The molecule has 8 heteroatoms. The second-order valence-electron chi connectivity index (χ2n) is 3.60. The lowest BCUT2D eigenvalue weighted by Crippen LogP contribution is -2.38. The van der Waals surface area contributed by atoms with Gasteiger partial charge in [0.2, 0.25) is 0 Å². The first-order chi connectivity index (χ1) is 8.51. The van der Waals surface area contributed by atoms with Crippen molar-refractivity contribution in [1.29, 1.82) is 0 Å². The van der Waals surface area contributed by atoms with Gasteiger partial charge in [-0.05, 0) is 32.4 Å². The van der Waals surface area contributed by atoms with Crippen LogP contribution in [0.4, 0.5) is 4.79 Å². The third kappa shape index (κ3) is 7.91. The van der Waals surface area contributed by atoms with E-state index in [1.54, 1.807) is 13.2 Å². The van der Waals surface area contributed by atoms with Gasteiger partial charge in [-0.1, -0.05) is 11.8 Å². The van der Waals surface area contributed by atoms with Crippen molar-refractivity contribution in [2.75, 3.05) is 12.8 Å². The summed E-state index contributed by atoms with van der Waals surface area (Å²) in [4.78, 5) is 25.9. The number of nitrogens with one attached hydrogen (secondary N) is 2. The molecular formula is C10H19N3O4S. The van der Waals surface area contributed by atoms with Crippen LogP contribution in [0.25, 0.3) is 0 Å². The van der Waals surface area contributed by atoms with Gasteiger partial charge in [-0.15, -0.1) is 0 Å². The van der Waals surface area contributed by atoms with Crippen LogP contribution >= 0.6 is 11.8 Å². The van der Waals surface area contributed by atoms with Gasteiger partial charge in [-0.3, -0.25) is 20.5 Å². The topological polar surface area (TPSA) is 111 Å². The molecule has 104 valence electrons. The molecule has 0 spiro atoms. The molecule has 0 saturated carbocycles. The monoisotopic (exact) mass is 277 g/mol. The predicted octanol–water partition coefficient (Wildman–Crippen LogP) is 1.08. The molecule has 0 aliphatic heterocycles. The van der Waals surface area contributed by atoms with Crippen molar-refractivity contribution in [3.05, 3.63) is 0 Å². The van der Waals surface area contributed by atoms with Crippen molar-refractivity contribution in [2.45, 2.75) is 32.2 Å². The third-order valence-electron chi connectivity index (χ3n) is 2.19. The van der Waals surface area contributed by atoms with E-state index in [1.165, 1.54) is 0 Å². The van der Waals surface area contributed by atoms with Gasteiger partial charge in [0.25, 0.3) is 5.24 Å². The molecule has 0 aliphatic rings. The van der Waals surface area contributed by atoms with E-state index in [4.69, 9.17) is 10.3 Å². The van der Waals surface area contributed by atoms with Gasteiger partial charge in [0.05, 0.1) is 0 Å². The molecule has 0 radical (unpaired) electrons. The van der Waals surface area contributed by atoms with Gasteiger partial charge in [0, 0.05) is 6.54 Å². The van der Waals surface area contributed by atoms with Crippen molar-refractivity contribution in [3.63, 3.8) is 0 Å². The summed E-state index contributed by atoms with van der Waals surface area (Å²) in [6, 6.07) is -0.856. The summed E-state index contributed by atoms with van der Waals surface area (Å²) in [5.41, 5.74) is 1.91. The van der Waals surface area contributed by atoms with E-state index in [0.29, 0.717) is 31.6 Å². The number of hydroxylamine groups is 1. The Morgan fingerprint density at radius 2 is 2.06 bits per heavy atom. The van der Waals surface area contributed by atoms with E-state index >= 15 is 0 Å². The average Bonchev–Trinajstić information content (AvgIpc) is 2.35. The van der Waals surface area contributed by atoms with Crippen molar-refractivity contribution >= 4 is 28.8 Å². The van der Waals surface area contributed by atoms with Crippen LogP contribution in [-0.4, -0.2) is 46.2 Å². The molecule has 0 aromatic heterocycles. The fourth-order valence-electron chi connectivity index (χ4n) is 1.20. The Morgan fingerprint density at radius 1 is 1.39 bits per heavy atom. The van der Waals surface area contributed by atoms with Crippen molar-refractivity contribution in [2.24, 2.45) is 4.99 Å². The highest BCUT2D eigenvalue weighted by molar-refractivity contribution is 8.12. The lowest BCUT2D eigenvalue weighted by atomic mass is 10.1. The van der Waals surface area contributed by atoms with Crippen LogP contribution < -0.4 is 10.8 Å². The maximum atomic E-state index is 11.1. The summed E-state index contributed by atoms with van der Waals surface area (Å²) in [5, 5.41) is 19.4. The number of carbonyl (C=O) groups excluding carboxylic acids is 1. The number of aliphatic imine (C=N–C) groups is 1. The first-order valence-corrected chi connectivity index (χ1v) is 6.72. The van der Waals surface area contributed by atoms with Crippen LogP contribution in [0.15, 0.2) is 4.99 Å². The molecule has 0 aromatic carbocycles. The molecule has 7 nitrogen and oxygen atoms in total. The number of carboxylic acids is 1. The van der Waals surface area contributed by atoms with Crippen molar-refractivity contribution in [3.8, 4) is 0 Å². The Balaban J connectivity index is 3.91. The number of hydrogen-bond acceptors (Lipinski definition) is 5. The van der Waals surface area contributed by atoms with Crippen LogP contribution in [0, 0.1) is 0 Å². The molecular weight excluding hydrogens is 258 g/mol. The summed E-state index contributed by atoms with van der Waals surface area (Å²) in [7, 11) is 0. The largest absolute Gasteiger partial charge is 0.480 e. The number of carboxylic acid groups (broad SMARTS) is 1. The van der Waals surface area contributed by atoms with E-state index < -0.39 is 12.0 Å². The number of carbonyl (C=O) groups is 2. The fraction of sp³-hybridized carbons (Fsp3) is 0.700. The highest BCUT2D eigenvalue weighted by atomic mass is 32.2. The van der Waals surface area contributed by atoms with Crippen LogP contribution in [0.2, 0.25) is 0 Å². The molecule has 1 unspecified atom stereocenters. The highest BCUT2D eigenvalue weighted by Gasteiger charge is 2.18. The van der Waals surface area contributed by atoms with Crippen molar-refractivity contribution in [1.82, 2.24) is 10.8 Å². The molecule has 0 rings (SSSR count). The van der Waals surface area contributed by atoms with E-state index in [1.807, 2.05) is 5.48 Å². The molecule has 0 heterocycles. The molecule has 1 amide bonds. The van der Waals surface area contributed by atoms with E-state index in [0.717, 1.165) is 11.8 Å². The Kier molecular flexibility index (Phi) is 9.03. The smallest absolute Gasteiger partial charge is 0.326 e. The zero-order valence-electron chi connectivity index (χ0n) is 10.5. The first-order valence-electron chi connectivity index (χ1n) is 5.49. The molecule has 0 fully saturated rings. The van der Waals surface area contributed by atoms with Crippen LogP contribution in [-0.2, 0) is 4.79 Å². The predicted molar refractivity (Wildman–Crippen MR) is 70.2 cm³/mol. The lowest BCUT2D eigenvalue weighted by Gasteiger charge is -2.12. The van der Waals surface area contributed by atoms with Gasteiger partial charge in [-0.2, -0.15) is 0 Å². The van der Waals surface area contributed by atoms with Gasteiger partial charge in [0.15, 0.2) is 0 Å². The molecule has 0 aliphatic carbocycles. The second kappa shape index (κ2) is 9.72. The Morgan fingerprint density at radius 3 is 2.56 bits per heavy atom. The number of amides is 1. The molecule has 18 heavy (non-hydrogen) atoms. The maximum Gasteiger partial charge on any atom is 0.326 e. The summed E-state index contributed by atoms with van der Waals surface area (Å²) in [6.45, 7) is 2.13. The molecule has 0 bridgehead atoms. The molecule has 0 aromatic rings. The Bertz CT molecular complexity index is 309. The van der Waals surface area contributed by atoms with Crippen LogP contribution in [0.3, 0.4) is 0 Å². The number of hydrogen-bond donors (Lipinski definition) is 4. The lowest BCUT2D eigenvalue weighted by molar-refractivity contribution is -0.139. The number of rotatable bonds is 7. The number of nitrogens with zero attached hydrogens (tertiary/aromatic N) is 1.